The van der Waals surface area contributed by atoms with E-state index in [1.54, 1.807) is 11.0 Å². The third kappa shape index (κ3) is 2.48. The van der Waals surface area contributed by atoms with Gasteiger partial charge in [-0.1, -0.05) is 29.8 Å². The Kier molecular flexibility index (Phi) is 3.67. The quantitative estimate of drug-likeness (QED) is 0.945. The largest absolute Gasteiger partial charge is 0.335 e. The summed E-state index contributed by atoms with van der Waals surface area (Å²) in [6.45, 7) is 5.16. The smallest absolute Gasteiger partial charge is 0.256 e. The molecule has 0 atom stereocenters. The second kappa shape index (κ2) is 5.64. The summed E-state index contributed by atoms with van der Waals surface area (Å²) >= 11 is 0. The van der Waals surface area contributed by atoms with E-state index in [0.29, 0.717) is 24.2 Å². The number of aryl methyl sites for hydroxylation is 1. The summed E-state index contributed by atoms with van der Waals surface area (Å²) in [5, 5.41) is 2.86. The molecule has 3 rings (SSSR count). The van der Waals surface area contributed by atoms with Crippen LogP contribution in [0.1, 0.15) is 38.8 Å². The van der Waals surface area contributed by atoms with Gasteiger partial charge in [0.25, 0.3) is 11.8 Å². The van der Waals surface area contributed by atoms with E-state index in [0.717, 1.165) is 16.8 Å². The Bertz CT molecular complexity index is 735. The van der Waals surface area contributed by atoms with E-state index in [4.69, 9.17) is 0 Å². The molecule has 0 saturated heterocycles. The van der Waals surface area contributed by atoms with Gasteiger partial charge in [-0.3, -0.25) is 9.59 Å². The maximum Gasteiger partial charge on any atom is 0.256 e. The minimum Gasteiger partial charge on any atom is -0.335 e. The number of nitrogens with zero attached hydrogens (tertiary/aromatic N) is 1. The molecule has 0 bridgehead atoms. The molecule has 1 heterocycles. The molecule has 22 heavy (non-hydrogen) atoms. The van der Waals surface area contributed by atoms with Gasteiger partial charge >= 0.3 is 0 Å². The van der Waals surface area contributed by atoms with Gasteiger partial charge in [-0.15, -0.1) is 0 Å². The van der Waals surface area contributed by atoms with Crippen molar-refractivity contribution in [3.63, 3.8) is 0 Å². The molecule has 2 aromatic rings. The Morgan fingerprint density at radius 3 is 2.59 bits per heavy atom. The van der Waals surface area contributed by atoms with Crippen LogP contribution in [0.5, 0.6) is 0 Å². The number of carbonyl (C=O) groups is 2. The van der Waals surface area contributed by atoms with E-state index < -0.39 is 0 Å². The Morgan fingerprint density at radius 2 is 1.91 bits per heavy atom. The zero-order valence-corrected chi connectivity index (χ0v) is 12.7. The maximum atomic E-state index is 12.5. The lowest BCUT2D eigenvalue weighted by Crippen LogP contribution is -2.24. The number of amides is 2. The molecule has 0 unspecified atom stereocenters. The Balaban J connectivity index is 1.90. The zero-order valence-electron chi connectivity index (χ0n) is 12.7. The molecule has 2 amide bonds. The highest BCUT2D eigenvalue weighted by molar-refractivity contribution is 6.13. The molecule has 4 heteroatoms. The lowest BCUT2D eigenvalue weighted by Gasteiger charge is -2.12. The third-order valence-corrected chi connectivity index (χ3v) is 3.95. The SMILES string of the molecule is CCN1Cc2cccc(C(=O)Nc3ccc(C)cc3)c2C1=O. The fourth-order valence-corrected chi connectivity index (χ4v) is 2.70. The number of nitrogens with one attached hydrogen (secondary N) is 1. The highest BCUT2D eigenvalue weighted by Crippen LogP contribution is 2.26. The molecule has 2 aromatic carbocycles. The van der Waals surface area contributed by atoms with Crippen LogP contribution in [-0.4, -0.2) is 23.3 Å². The predicted molar refractivity (Wildman–Crippen MR) is 86.0 cm³/mol. The summed E-state index contributed by atoms with van der Waals surface area (Å²) in [4.78, 5) is 26.7. The molecule has 0 radical (unpaired) electrons. The lowest BCUT2D eigenvalue weighted by molar-refractivity contribution is 0.0783. The van der Waals surface area contributed by atoms with Crippen molar-refractivity contribution in [3.8, 4) is 0 Å². The van der Waals surface area contributed by atoms with E-state index in [1.807, 2.05) is 50.2 Å². The summed E-state index contributed by atoms with van der Waals surface area (Å²) in [7, 11) is 0. The molecular formula is C18H18N2O2. The fraction of sp³-hybridized carbons (Fsp3) is 0.222. The molecule has 4 nitrogen and oxygen atoms in total. The van der Waals surface area contributed by atoms with Crippen molar-refractivity contribution in [3.05, 3.63) is 64.7 Å². The van der Waals surface area contributed by atoms with E-state index in [2.05, 4.69) is 5.32 Å². The van der Waals surface area contributed by atoms with Gasteiger partial charge in [0.05, 0.1) is 11.1 Å². The van der Waals surface area contributed by atoms with Crippen molar-refractivity contribution < 1.29 is 9.59 Å². The summed E-state index contributed by atoms with van der Waals surface area (Å²) in [5.74, 6) is -0.306. The molecule has 112 valence electrons. The van der Waals surface area contributed by atoms with Crippen molar-refractivity contribution in [1.29, 1.82) is 0 Å². The molecule has 0 fully saturated rings. The second-order valence-electron chi connectivity index (χ2n) is 5.48. The minimum atomic E-state index is -0.244. The first kappa shape index (κ1) is 14.3. The Labute approximate surface area is 129 Å². The standard InChI is InChI=1S/C18H18N2O2/c1-3-20-11-13-5-4-6-15(16(13)18(20)22)17(21)19-14-9-7-12(2)8-10-14/h4-10H,3,11H2,1-2H3,(H,19,21). The summed E-state index contributed by atoms with van der Waals surface area (Å²) in [5.41, 5.74) is 3.76. The lowest BCUT2D eigenvalue weighted by atomic mass is 10.0. The first-order valence-corrected chi connectivity index (χ1v) is 7.39. The highest BCUT2D eigenvalue weighted by atomic mass is 16.2. The van der Waals surface area contributed by atoms with Crippen molar-refractivity contribution in [2.45, 2.75) is 20.4 Å². The first-order valence-electron chi connectivity index (χ1n) is 7.39. The zero-order chi connectivity index (χ0) is 15.7. The van der Waals surface area contributed by atoms with Crippen LogP contribution in [0.4, 0.5) is 5.69 Å². The molecule has 0 spiro atoms. The van der Waals surface area contributed by atoms with Crippen LogP contribution in [0.3, 0.4) is 0 Å². The number of carbonyl (C=O) groups excluding carboxylic acids is 2. The Hall–Kier alpha value is -2.62. The van der Waals surface area contributed by atoms with Gasteiger partial charge in [0.15, 0.2) is 0 Å². The van der Waals surface area contributed by atoms with Crippen LogP contribution >= 0.6 is 0 Å². The normalized spacial score (nSPS) is 13.2. The van der Waals surface area contributed by atoms with Gasteiger partial charge in [0, 0.05) is 18.8 Å². The predicted octanol–water partition coefficient (Wildman–Crippen LogP) is 3.22. The number of benzene rings is 2. The maximum absolute atomic E-state index is 12.5. The fourth-order valence-electron chi connectivity index (χ4n) is 2.70. The van der Waals surface area contributed by atoms with E-state index in [1.165, 1.54) is 0 Å². The number of fused-ring (bicyclic) bond motifs is 1. The molecule has 1 aliphatic rings. The van der Waals surface area contributed by atoms with Crippen LogP contribution in [0.2, 0.25) is 0 Å². The van der Waals surface area contributed by atoms with Gasteiger partial charge in [0.2, 0.25) is 0 Å². The third-order valence-electron chi connectivity index (χ3n) is 3.95. The van der Waals surface area contributed by atoms with Crippen molar-refractivity contribution >= 4 is 17.5 Å². The van der Waals surface area contributed by atoms with E-state index >= 15 is 0 Å². The summed E-state index contributed by atoms with van der Waals surface area (Å²) in [6.07, 6.45) is 0. The Morgan fingerprint density at radius 1 is 1.18 bits per heavy atom. The van der Waals surface area contributed by atoms with Gasteiger partial charge in [0.1, 0.15) is 0 Å². The van der Waals surface area contributed by atoms with Crippen LogP contribution in [-0.2, 0) is 6.54 Å². The molecule has 0 saturated carbocycles. The topological polar surface area (TPSA) is 49.4 Å². The molecule has 0 aromatic heterocycles. The highest BCUT2D eigenvalue weighted by Gasteiger charge is 2.30. The van der Waals surface area contributed by atoms with Crippen molar-refractivity contribution in [1.82, 2.24) is 4.90 Å². The van der Waals surface area contributed by atoms with Crippen LogP contribution in [0.15, 0.2) is 42.5 Å². The first-order chi connectivity index (χ1) is 10.6. The molecule has 1 N–H and O–H groups in total. The monoisotopic (exact) mass is 294 g/mol. The molecule has 1 aliphatic heterocycles. The van der Waals surface area contributed by atoms with E-state index in [9.17, 15) is 9.59 Å². The number of hydrogen-bond acceptors (Lipinski definition) is 2. The van der Waals surface area contributed by atoms with E-state index in [-0.39, 0.29) is 11.8 Å². The van der Waals surface area contributed by atoms with Gasteiger partial charge in [-0.2, -0.15) is 0 Å². The van der Waals surface area contributed by atoms with Crippen LogP contribution in [0, 0.1) is 6.92 Å². The number of anilines is 1. The summed E-state index contributed by atoms with van der Waals surface area (Å²) < 4.78 is 0. The van der Waals surface area contributed by atoms with Gasteiger partial charge in [-0.05, 0) is 37.6 Å². The average Bonchev–Trinajstić information content (AvgIpc) is 2.86. The van der Waals surface area contributed by atoms with Crippen molar-refractivity contribution in [2.75, 3.05) is 11.9 Å². The average molecular weight is 294 g/mol. The minimum absolute atomic E-state index is 0.0628. The molecular weight excluding hydrogens is 276 g/mol. The van der Waals surface area contributed by atoms with Crippen LogP contribution < -0.4 is 5.32 Å². The number of rotatable bonds is 3. The van der Waals surface area contributed by atoms with Gasteiger partial charge in [-0.25, -0.2) is 0 Å². The summed E-state index contributed by atoms with van der Waals surface area (Å²) in [6, 6.07) is 13.0. The van der Waals surface area contributed by atoms with Crippen molar-refractivity contribution in [2.24, 2.45) is 0 Å². The van der Waals surface area contributed by atoms with Crippen LogP contribution in [0.25, 0.3) is 0 Å². The van der Waals surface area contributed by atoms with Gasteiger partial charge < -0.3 is 10.2 Å². The molecule has 0 aliphatic carbocycles. The number of hydrogen-bond donors (Lipinski definition) is 1. The second-order valence-corrected chi connectivity index (χ2v) is 5.48.